The smallest absolute Gasteiger partial charge is 0.246 e. The highest BCUT2D eigenvalue weighted by Gasteiger charge is 2.32. The summed E-state index contributed by atoms with van der Waals surface area (Å²) in [5, 5.41) is 0.738. The normalized spacial score (nSPS) is 21.2. The Labute approximate surface area is 168 Å². The highest BCUT2D eigenvalue weighted by molar-refractivity contribution is 7.16. The van der Waals surface area contributed by atoms with Gasteiger partial charge in [0.2, 0.25) is 5.91 Å². The van der Waals surface area contributed by atoms with Gasteiger partial charge in [0.1, 0.15) is 0 Å². The Morgan fingerprint density at radius 2 is 2.00 bits per heavy atom. The zero-order chi connectivity index (χ0) is 18.6. The first-order valence-corrected chi connectivity index (χ1v) is 10.4. The molecule has 0 aliphatic carbocycles. The fourth-order valence-electron chi connectivity index (χ4n) is 3.59. The SMILES string of the molecule is O=C(/C=C/c1ccc(-c2ccccc2Cl)s1)N1CCCC(C2OCCO2)C1. The minimum absolute atomic E-state index is 0.0467. The molecular formula is C21H22ClNO3S. The number of benzene rings is 1. The van der Waals surface area contributed by atoms with Crippen LogP contribution in [0.5, 0.6) is 0 Å². The summed E-state index contributed by atoms with van der Waals surface area (Å²) in [6.07, 6.45) is 5.44. The lowest BCUT2D eigenvalue weighted by molar-refractivity contribution is -0.134. The van der Waals surface area contributed by atoms with E-state index < -0.39 is 0 Å². The summed E-state index contributed by atoms with van der Waals surface area (Å²) < 4.78 is 11.2. The predicted octanol–water partition coefficient (Wildman–Crippen LogP) is 4.69. The number of thiophene rings is 1. The fraction of sp³-hybridized carbons (Fsp3) is 0.381. The molecule has 2 aliphatic heterocycles. The number of rotatable bonds is 4. The molecule has 0 radical (unpaired) electrons. The standard InChI is InChI=1S/C21H22ClNO3S/c22-18-6-2-1-5-17(18)19-9-7-16(27-19)8-10-20(24)23-11-3-4-15(14-23)21-25-12-13-26-21/h1-2,5-10,15,21H,3-4,11-14H2/b10-8+. The zero-order valence-corrected chi connectivity index (χ0v) is 16.5. The minimum atomic E-state index is -0.153. The van der Waals surface area contributed by atoms with Crippen LogP contribution in [0.1, 0.15) is 17.7 Å². The Balaban J connectivity index is 1.39. The van der Waals surface area contributed by atoms with Crippen LogP contribution in [0.4, 0.5) is 0 Å². The molecule has 2 fully saturated rings. The molecule has 6 heteroatoms. The van der Waals surface area contributed by atoms with E-state index in [1.54, 1.807) is 17.4 Å². The van der Waals surface area contributed by atoms with Gasteiger partial charge in [0.05, 0.1) is 13.2 Å². The van der Waals surface area contributed by atoms with E-state index in [-0.39, 0.29) is 18.1 Å². The van der Waals surface area contributed by atoms with Crippen molar-refractivity contribution in [2.24, 2.45) is 5.92 Å². The summed E-state index contributed by atoms with van der Waals surface area (Å²) in [5.41, 5.74) is 1.02. The molecule has 2 saturated heterocycles. The van der Waals surface area contributed by atoms with Gasteiger partial charge in [-0.1, -0.05) is 29.8 Å². The summed E-state index contributed by atoms with van der Waals surface area (Å²) >= 11 is 7.90. The maximum Gasteiger partial charge on any atom is 0.246 e. The van der Waals surface area contributed by atoms with E-state index in [4.69, 9.17) is 21.1 Å². The number of carbonyl (C=O) groups is 1. The Hall–Kier alpha value is -1.66. The van der Waals surface area contributed by atoms with E-state index in [1.807, 2.05) is 47.4 Å². The van der Waals surface area contributed by atoms with Gasteiger partial charge in [0, 0.05) is 45.4 Å². The van der Waals surface area contributed by atoms with Gasteiger partial charge in [-0.3, -0.25) is 4.79 Å². The maximum atomic E-state index is 12.6. The molecule has 0 spiro atoms. The molecule has 0 bridgehead atoms. The van der Waals surface area contributed by atoms with Crippen LogP contribution < -0.4 is 0 Å². The van der Waals surface area contributed by atoms with Crippen LogP contribution in [-0.2, 0) is 14.3 Å². The molecule has 4 rings (SSSR count). The van der Waals surface area contributed by atoms with Gasteiger partial charge >= 0.3 is 0 Å². The van der Waals surface area contributed by atoms with Crippen molar-refractivity contribution in [3.8, 4) is 10.4 Å². The summed E-state index contributed by atoms with van der Waals surface area (Å²) in [4.78, 5) is 16.6. The molecule has 1 aromatic carbocycles. The molecule has 142 valence electrons. The van der Waals surface area contributed by atoms with Crippen LogP contribution >= 0.6 is 22.9 Å². The van der Waals surface area contributed by atoms with Crippen molar-refractivity contribution in [1.29, 1.82) is 0 Å². The number of piperidine rings is 1. The molecule has 3 heterocycles. The molecule has 0 N–H and O–H groups in total. The quantitative estimate of drug-likeness (QED) is 0.695. The van der Waals surface area contributed by atoms with E-state index in [0.29, 0.717) is 19.8 Å². The van der Waals surface area contributed by atoms with Crippen molar-refractivity contribution in [3.05, 3.63) is 52.4 Å². The van der Waals surface area contributed by atoms with Gasteiger partial charge in [-0.05, 0) is 37.1 Å². The highest BCUT2D eigenvalue weighted by atomic mass is 35.5. The number of nitrogens with zero attached hydrogens (tertiary/aromatic N) is 1. The fourth-order valence-corrected chi connectivity index (χ4v) is 4.83. The van der Waals surface area contributed by atoms with E-state index in [0.717, 1.165) is 39.7 Å². The van der Waals surface area contributed by atoms with Crippen molar-refractivity contribution < 1.29 is 14.3 Å². The maximum absolute atomic E-state index is 12.6. The second-order valence-electron chi connectivity index (χ2n) is 6.81. The average molecular weight is 404 g/mol. The van der Waals surface area contributed by atoms with Gasteiger partial charge in [0.25, 0.3) is 0 Å². The highest BCUT2D eigenvalue weighted by Crippen LogP contribution is 2.33. The summed E-state index contributed by atoms with van der Waals surface area (Å²) in [5.74, 6) is 0.317. The second kappa shape index (κ2) is 8.57. The molecule has 27 heavy (non-hydrogen) atoms. The largest absolute Gasteiger partial charge is 0.350 e. The number of hydrogen-bond donors (Lipinski definition) is 0. The first-order chi connectivity index (χ1) is 13.2. The van der Waals surface area contributed by atoms with Crippen LogP contribution in [0.2, 0.25) is 5.02 Å². The van der Waals surface area contributed by atoms with Crippen molar-refractivity contribution in [2.75, 3.05) is 26.3 Å². The van der Waals surface area contributed by atoms with Crippen molar-refractivity contribution in [3.63, 3.8) is 0 Å². The topological polar surface area (TPSA) is 38.8 Å². The van der Waals surface area contributed by atoms with Gasteiger partial charge < -0.3 is 14.4 Å². The molecule has 1 unspecified atom stereocenters. The molecule has 2 aliphatic rings. The Kier molecular flexibility index (Phi) is 5.93. The molecule has 0 saturated carbocycles. The Bertz CT molecular complexity index is 828. The number of amides is 1. The van der Waals surface area contributed by atoms with Crippen LogP contribution in [0, 0.1) is 5.92 Å². The average Bonchev–Trinajstić information content (AvgIpc) is 3.39. The number of carbonyl (C=O) groups excluding carboxylic acids is 1. The van der Waals surface area contributed by atoms with Crippen LogP contribution in [-0.4, -0.2) is 43.4 Å². The Morgan fingerprint density at radius 1 is 1.19 bits per heavy atom. The van der Waals surface area contributed by atoms with Gasteiger partial charge in [0.15, 0.2) is 6.29 Å². The summed E-state index contributed by atoms with van der Waals surface area (Å²) in [6, 6.07) is 11.9. The predicted molar refractivity (Wildman–Crippen MR) is 109 cm³/mol. The van der Waals surface area contributed by atoms with Crippen molar-refractivity contribution >= 4 is 34.9 Å². The lowest BCUT2D eigenvalue weighted by Gasteiger charge is -2.34. The molecule has 4 nitrogen and oxygen atoms in total. The third kappa shape index (κ3) is 4.43. The van der Waals surface area contributed by atoms with Crippen LogP contribution in [0.3, 0.4) is 0 Å². The van der Waals surface area contributed by atoms with Crippen molar-refractivity contribution in [2.45, 2.75) is 19.1 Å². The van der Waals surface area contributed by atoms with E-state index in [1.165, 1.54) is 0 Å². The number of halogens is 1. The lowest BCUT2D eigenvalue weighted by atomic mass is 9.97. The number of ether oxygens (including phenoxy) is 2. The minimum Gasteiger partial charge on any atom is -0.350 e. The van der Waals surface area contributed by atoms with Crippen LogP contribution in [0.15, 0.2) is 42.5 Å². The third-order valence-corrected chi connectivity index (χ3v) is 6.37. The van der Waals surface area contributed by atoms with Crippen LogP contribution in [0.25, 0.3) is 16.5 Å². The Morgan fingerprint density at radius 3 is 2.81 bits per heavy atom. The van der Waals surface area contributed by atoms with E-state index in [2.05, 4.69) is 0 Å². The summed E-state index contributed by atoms with van der Waals surface area (Å²) in [7, 11) is 0. The van der Waals surface area contributed by atoms with Gasteiger partial charge in [-0.2, -0.15) is 0 Å². The van der Waals surface area contributed by atoms with Gasteiger partial charge in [-0.25, -0.2) is 0 Å². The second-order valence-corrected chi connectivity index (χ2v) is 8.33. The molecule has 2 aromatic rings. The molecule has 1 atom stereocenters. The van der Waals surface area contributed by atoms with E-state index in [9.17, 15) is 4.79 Å². The molecular weight excluding hydrogens is 382 g/mol. The summed E-state index contributed by atoms with van der Waals surface area (Å²) in [6.45, 7) is 2.80. The van der Waals surface area contributed by atoms with E-state index >= 15 is 0 Å². The number of hydrogen-bond acceptors (Lipinski definition) is 4. The van der Waals surface area contributed by atoms with Gasteiger partial charge in [-0.15, -0.1) is 11.3 Å². The third-order valence-electron chi connectivity index (χ3n) is 4.96. The monoisotopic (exact) mass is 403 g/mol. The lowest BCUT2D eigenvalue weighted by Crippen LogP contribution is -2.43. The molecule has 1 amide bonds. The number of likely N-dealkylation sites (tertiary alicyclic amines) is 1. The zero-order valence-electron chi connectivity index (χ0n) is 15.0. The molecule has 1 aromatic heterocycles. The first-order valence-electron chi connectivity index (χ1n) is 9.25. The van der Waals surface area contributed by atoms with Crippen molar-refractivity contribution in [1.82, 2.24) is 4.90 Å². The first kappa shape index (κ1) is 18.7.